The molecule has 0 bridgehead atoms. The van der Waals surface area contributed by atoms with Crippen molar-refractivity contribution in [2.24, 2.45) is 11.7 Å². The summed E-state index contributed by atoms with van der Waals surface area (Å²) in [7, 11) is 1.63. The number of hydrogen-bond donors (Lipinski definition) is 1. The maximum Gasteiger partial charge on any atom is 0.228 e. The fourth-order valence-corrected chi connectivity index (χ4v) is 3.65. The van der Waals surface area contributed by atoms with E-state index in [2.05, 4.69) is 0 Å². The molecule has 1 aromatic rings. The molecule has 2 aliphatic heterocycles. The molecule has 6 nitrogen and oxygen atoms in total. The van der Waals surface area contributed by atoms with Crippen molar-refractivity contribution in [3.63, 3.8) is 0 Å². The van der Waals surface area contributed by atoms with Crippen molar-refractivity contribution < 1.29 is 14.3 Å². The van der Waals surface area contributed by atoms with Crippen LogP contribution in [0.4, 0.5) is 0 Å². The standard InChI is InChI=1S/C18H25N3O3.ClH/c1-24-16-6-4-13(5-7-16)11-20-12-14(9-17(20)22)18(23)21-8-2-3-15(21)10-19;/h4-7,14-15H,2-3,8-12,19H2,1H3;1H. The third-order valence-corrected chi connectivity index (χ3v) is 5.03. The molecule has 138 valence electrons. The van der Waals surface area contributed by atoms with Gasteiger partial charge in [-0.2, -0.15) is 0 Å². The van der Waals surface area contributed by atoms with Crippen LogP contribution in [0, 0.1) is 5.92 Å². The Morgan fingerprint density at radius 1 is 1.32 bits per heavy atom. The van der Waals surface area contributed by atoms with Gasteiger partial charge in [0, 0.05) is 38.6 Å². The number of benzene rings is 1. The summed E-state index contributed by atoms with van der Waals surface area (Å²) in [5.41, 5.74) is 6.80. The van der Waals surface area contributed by atoms with Crippen LogP contribution >= 0.6 is 12.4 Å². The SMILES string of the molecule is COc1ccc(CN2CC(C(=O)N3CCCC3CN)CC2=O)cc1.Cl. The van der Waals surface area contributed by atoms with Crippen molar-refractivity contribution in [2.45, 2.75) is 31.8 Å². The van der Waals surface area contributed by atoms with Crippen LogP contribution in [-0.2, 0) is 16.1 Å². The molecule has 1 aromatic carbocycles. The Morgan fingerprint density at radius 3 is 2.68 bits per heavy atom. The molecule has 7 heteroatoms. The normalized spacial score (nSPS) is 22.9. The predicted octanol–water partition coefficient (Wildman–Crippen LogP) is 1.42. The second-order valence-electron chi connectivity index (χ2n) is 6.59. The number of methoxy groups -OCH3 is 1. The molecule has 0 aromatic heterocycles. The van der Waals surface area contributed by atoms with Crippen molar-refractivity contribution in [1.82, 2.24) is 9.80 Å². The number of nitrogens with two attached hydrogens (primary N) is 1. The van der Waals surface area contributed by atoms with Gasteiger partial charge in [0.2, 0.25) is 11.8 Å². The minimum Gasteiger partial charge on any atom is -0.497 e. The molecule has 2 aliphatic rings. The summed E-state index contributed by atoms with van der Waals surface area (Å²) in [5.74, 6) is 0.700. The first-order valence-corrected chi connectivity index (χ1v) is 8.53. The van der Waals surface area contributed by atoms with Gasteiger partial charge in [0.05, 0.1) is 13.0 Å². The van der Waals surface area contributed by atoms with Crippen LogP contribution in [0.15, 0.2) is 24.3 Å². The maximum atomic E-state index is 12.7. The van der Waals surface area contributed by atoms with Crippen molar-refractivity contribution in [3.8, 4) is 5.75 Å². The molecule has 2 unspecified atom stereocenters. The minimum atomic E-state index is -0.233. The number of ether oxygens (including phenoxy) is 1. The zero-order valence-corrected chi connectivity index (χ0v) is 15.3. The monoisotopic (exact) mass is 367 g/mol. The van der Waals surface area contributed by atoms with Gasteiger partial charge in [0.15, 0.2) is 0 Å². The van der Waals surface area contributed by atoms with E-state index in [1.807, 2.05) is 29.2 Å². The van der Waals surface area contributed by atoms with E-state index in [4.69, 9.17) is 10.5 Å². The molecular weight excluding hydrogens is 342 g/mol. The number of likely N-dealkylation sites (tertiary alicyclic amines) is 2. The fourth-order valence-electron chi connectivity index (χ4n) is 3.65. The van der Waals surface area contributed by atoms with Crippen molar-refractivity contribution in [2.75, 3.05) is 26.7 Å². The van der Waals surface area contributed by atoms with Gasteiger partial charge in [-0.3, -0.25) is 9.59 Å². The van der Waals surface area contributed by atoms with E-state index in [9.17, 15) is 9.59 Å². The Hall–Kier alpha value is -1.79. The maximum absolute atomic E-state index is 12.7. The Kier molecular flexibility index (Phi) is 6.67. The van der Waals surface area contributed by atoms with Crippen molar-refractivity contribution >= 4 is 24.2 Å². The van der Waals surface area contributed by atoms with Gasteiger partial charge in [-0.15, -0.1) is 12.4 Å². The second-order valence-corrected chi connectivity index (χ2v) is 6.59. The van der Waals surface area contributed by atoms with Gasteiger partial charge in [-0.05, 0) is 30.5 Å². The molecule has 2 fully saturated rings. The summed E-state index contributed by atoms with van der Waals surface area (Å²) in [4.78, 5) is 28.7. The number of nitrogens with zero attached hydrogens (tertiary/aromatic N) is 2. The third-order valence-electron chi connectivity index (χ3n) is 5.03. The molecule has 2 atom stereocenters. The molecule has 0 saturated carbocycles. The first-order valence-electron chi connectivity index (χ1n) is 8.53. The van der Waals surface area contributed by atoms with Crippen LogP contribution in [-0.4, -0.2) is 54.4 Å². The van der Waals surface area contributed by atoms with Gasteiger partial charge in [-0.25, -0.2) is 0 Å². The molecule has 0 spiro atoms. The number of halogens is 1. The van der Waals surface area contributed by atoms with Crippen molar-refractivity contribution in [1.29, 1.82) is 0 Å². The number of hydrogen-bond acceptors (Lipinski definition) is 4. The highest BCUT2D eigenvalue weighted by molar-refractivity contribution is 5.89. The van der Waals surface area contributed by atoms with Gasteiger partial charge >= 0.3 is 0 Å². The van der Waals surface area contributed by atoms with Crippen LogP contribution in [0.2, 0.25) is 0 Å². The molecule has 2 heterocycles. The molecule has 0 aliphatic carbocycles. The summed E-state index contributed by atoms with van der Waals surface area (Å²) in [6.07, 6.45) is 2.28. The van der Waals surface area contributed by atoms with Crippen LogP contribution in [0.3, 0.4) is 0 Å². The van der Waals surface area contributed by atoms with Gasteiger partial charge in [-0.1, -0.05) is 12.1 Å². The van der Waals surface area contributed by atoms with Crippen molar-refractivity contribution in [3.05, 3.63) is 29.8 Å². The number of carbonyl (C=O) groups excluding carboxylic acids is 2. The van der Waals surface area contributed by atoms with Crippen LogP contribution in [0.1, 0.15) is 24.8 Å². The summed E-state index contributed by atoms with van der Waals surface area (Å²) in [6.45, 7) is 2.30. The Bertz CT molecular complexity index is 608. The van der Waals surface area contributed by atoms with Crippen LogP contribution in [0.25, 0.3) is 0 Å². The fraction of sp³-hybridized carbons (Fsp3) is 0.556. The lowest BCUT2D eigenvalue weighted by Gasteiger charge is -2.26. The first kappa shape index (κ1) is 19.5. The number of amides is 2. The average Bonchev–Trinajstić information content (AvgIpc) is 3.22. The molecular formula is C18H26ClN3O3. The van der Waals surface area contributed by atoms with E-state index < -0.39 is 0 Å². The molecule has 2 amide bonds. The highest BCUT2D eigenvalue weighted by atomic mass is 35.5. The molecule has 0 radical (unpaired) electrons. The summed E-state index contributed by atoms with van der Waals surface area (Å²) < 4.78 is 5.15. The highest BCUT2D eigenvalue weighted by Crippen LogP contribution is 2.26. The van der Waals surface area contributed by atoms with Gasteiger partial charge < -0.3 is 20.3 Å². The second kappa shape index (κ2) is 8.54. The summed E-state index contributed by atoms with van der Waals surface area (Å²) in [5, 5.41) is 0. The molecule has 2 saturated heterocycles. The highest BCUT2D eigenvalue weighted by Gasteiger charge is 2.39. The smallest absolute Gasteiger partial charge is 0.228 e. The van der Waals surface area contributed by atoms with E-state index >= 15 is 0 Å². The van der Waals surface area contributed by atoms with Crippen LogP contribution in [0.5, 0.6) is 5.75 Å². The topological polar surface area (TPSA) is 75.9 Å². The van der Waals surface area contributed by atoms with E-state index in [-0.39, 0.29) is 36.2 Å². The Balaban J connectivity index is 0.00000225. The molecule has 3 rings (SSSR count). The number of carbonyl (C=O) groups is 2. The molecule has 25 heavy (non-hydrogen) atoms. The third kappa shape index (κ3) is 4.25. The van der Waals surface area contributed by atoms with E-state index in [1.54, 1.807) is 12.0 Å². The zero-order valence-electron chi connectivity index (χ0n) is 14.5. The van der Waals surface area contributed by atoms with Crippen LogP contribution < -0.4 is 10.5 Å². The lowest BCUT2D eigenvalue weighted by atomic mass is 10.1. The largest absolute Gasteiger partial charge is 0.497 e. The minimum absolute atomic E-state index is 0. The quantitative estimate of drug-likeness (QED) is 0.853. The Labute approximate surface area is 154 Å². The lowest BCUT2D eigenvalue weighted by molar-refractivity contribution is -0.136. The zero-order chi connectivity index (χ0) is 17.1. The van der Waals surface area contributed by atoms with E-state index in [0.29, 0.717) is 26.1 Å². The molecule has 2 N–H and O–H groups in total. The number of rotatable bonds is 5. The summed E-state index contributed by atoms with van der Waals surface area (Å²) in [6, 6.07) is 7.81. The van der Waals surface area contributed by atoms with E-state index in [1.165, 1.54) is 0 Å². The first-order chi connectivity index (χ1) is 11.6. The van der Waals surface area contributed by atoms with Gasteiger partial charge in [0.1, 0.15) is 5.75 Å². The predicted molar refractivity (Wildman–Crippen MR) is 97.6 cm³/mol. The van der Waals surface area contributed by atoms with Gasteiger partial charge in [0.25, 0.3) is 0 Å². The lowest BCUT2D eigenvalue weighted by Crippen LogP contribution is -2.43. The average molecular weight is 368 g/mol. The van der Waals surface area contributed by atoms with E-state index in [0.717, 1.165) is 30.7 Å². The summed E-state index contributed by atoms with van der Waals surface area (Å²) >= 11 is 0. The Morgan fingerprint density at radius 2 is 2.04 bits per heavy atom.